The van der Waals surface area contributed by atoms with Crippen LogP contribution in [-0.4, -0.2) is 30.6 Å². The standard InChI is InChI=1S/C18H25ClN2O/c1-2-10-21-16-4-3-5-17(21)12-15(11-16)20-18(22)13-6-8-14(19)9-7-13/h6-9,15-17H,2-5,10-12H2,1H3,(H,20,22)/p+1/t15?,16-,17+. The van der Waals surface area contributed by atoms with E-state index in [-0.39, 0.29) is 5.91 Å². The van der Waals surface area contributed by atoms with Gasteiger partial charge in [0.1, 0.15) is 0 Å². The molecule has 2 heterocycles. The van der Waals surface area contributed by atoms with E-state index in [0.717, 1.165) is 24.9 Å². The molecule has 1 aromatic rings. The van der Waals surface area contributed by atoms with Crippen LogP contribution in [0.2, 0.25) is 5.02 Å². The zero-order valence-electron chi connectivity index (χ0n) is 13.3. The van der Waals surface area contributed by atoms with E-state index in [9.17, 15) is 4.79 Å². The first-order valence-corrected chi connectivity index (χ1v) is 8.97. The molecule has 2 unspecified atom stereocenters. The predicted octanol–water partition coefficient (Wildman–Crippen LogP) is 2.45. The first-order valence-electron chi connectivity index (χ1n) is 8.59. The Hall–Kier alpha value is -1.06. The third-order valence-corrected chi connectivity index (χ3v) is 5.52. The van der Waals surface area contributed by atoms with E-state index in [1.807, 2.05) is 0 Å². The molecule has 0 aliphatic carbocycles. The highest BCUT2D eigenvalue weighted by atomic mass is 35.5. The zero-order valence-corrected chi connectivity index (χ0v) is 14.0. The molecule has 4 heteroatoms. The normalized spacial score (nSPS) is 30.8. The highest BCUT2D eigenvalue weighted by Crippen LogP contribution is 2.22. The Bertz CT molecular complexity index is 502. The minimum atomic E-state index is 0.0404. The van der Waals surface area contributed by atoms with E-state index in [2.05, 4.69) is 12.2 Å². The Balaban J connectivity index is 1.62. The van der Waals surface area contributed by atoms with Crippen molar-refractivity contribution in [2.45, 2.75) is 63.6 Å². The van der Waals surface area contributed by atoms with Gasteiger partial charge in [0.15, 0.2) is 0 Å². The molecule has 0 radical (unpaired) electrons. The largest absolute Gasteiger partial charge is 0.349 e. The van der Waals surface area contributed by atoms with Crippen molar-refractivity contribution in [1.29, 1.82) is 0 Å². The number of carbonyl (C=O) groups is 1. The quantitative estimate of drug-likeness (QED) is 0.877. The minimum Gasteiger partial charge on any atom is -0.349 e. The first-order chi connectivity index (χ1) is 10.7. The molecule has 2 bridgehead atoms. The van der Waals surface area contributed by atoms with Gasteiger partial charge in [-0.3, -0.25) is 4.79 Å². The fourth-order valence-electron chi connectivity index (χ4n) is 4.32. The second kappa shape index (κ2) is 7.01. The number of rotatable bonds is 4. The molecule has 3 nitrogen and oxygen atoms in total. The van der Waals surface area contributed by atoms with E-state index in [1.165, 1.54) is 32.2 Å². The summed E-state index contributed by atoms with van der Waals surface area (Å²) in [5.74, 6) is 0.0404. The Morgan fingerprint density at radius 3 is 2.45 bits per heavy atom. The predicted molar refractivity (Wildman–Crippen MR) is 89.5 cm³/mol. The van der Waals surface area contributed by atoms with Crippen molar-refractivity contribution in [3.8, 4) is 0 Å². The Kier molecular flexibility index (Phi) is 5.04. The van der Waals surface area contributed by atoms with Crippen LogP contribution in [0, 0.1) is 0 Å². The van der Waals surface area contributed by atoms with Crippen LogP contribution in [0.4, 0.5) is 0 Å². The second-order valence-electron chi connectivity index (χ2n) is 6.80. The lowest BCUT2D eigenvalue weighted by Crippen LogP contribution is -3.21. The molecular weight excluding hydrogens is 296 g/mol. The lowest BCUT2D eigenvalue weighted by molar-refractivity contribution is -0.961. The van der Waals surface area contributed by atoms with Gasteiger partial charge in [0.2, 0.25) is 0 Å². The van der Waals surface area contributed by atoms with E-state index < -0.39 is 0 Å². The summed E-state index contributed by atoms with van der Waals surface area (Å²) in [5, 5.41) is 3.92. The second-order valence-corrected chi connectivity index (χ2v) is 7.23. The van der Waals surface area contributed by atoms with Crippen molar-refractivity contribution >= 4 is 17.5 Å². The number of hydrogen-bond acceptors (Lipinski definition) is 1. The summed E-state index contributed by atoms with van der Waals surface area (Å²) in [5.41, 5.74) is 0.706. The van der Waals surface area contributed by atoms with E-state index in [0.29, 0.717) is 16.6 Å². The van der Waals surface area contributed by atoms with Crippen molar-refractivity contribution < 1.29 is 9.69 Å². The molecule has 120 valence electrons. The smallest absolute Gasteiger partial charge is 0.251 e. The molecule has 4 atom stereocenters. The van der Waals surface area contributed by atoms with Gasteiger partial charge in [0.25, 0.3) is 5.91 Å². The summed E-state index contributed by atoms with van der Waals surface area (Å²) in [7, 11) is 0. The van der Waals surface area contributed by atoms with Crippen LogP contribution in [0.1, 0.15) is 55.8 Å². The molecule has 0 saturated carbocycles. The number of quaternary nitrogens is 1. The molecule has 2 N–H and O–H groups in total. The number of halogens is 1. The molecule has 1 aromatic carbocycles. The number of fused-ring (bicyclic) bond motifs is 2. The molecule has 2 saturated heterocycles. The molecule has 0 spiro atoms. The Labute approximate surface area is 138 Å². The topological polar surface area (TPSA) is 33.5 Å². The van der Waals surface area contributed by atoms with Gasteiger partial charge in [-0.2, -0.15) is 0 Å². The lowest BCUT2D eigenvalue weighted by Gasteiger charge is -2.46. The van der Waals surface area contributed by atoms with Crippen molar-refractivity contribution in [1.82, 2.24) is 5.32 Å². The summed E-state index contributed by atoms with van der Waals surface area (Å²) < 4.78 is 0. The van der Waals surface area contributed by atoms with Crippen LogP contribution in [0.15, 0.2) is 24.3 Å². The van der Waals surface area contributed by atoms with Gasteiger partial charge in [0, 0.05) is 29.5 Å². The Morgan fingerprint density at radius 1 is 1.23 bits per heavy atom. The molecule has 2 aliphatic rings. The van der Waals surface area contributed by atoms with Gasteiger partial charge >= 0.3 is 0 Å². The van der Waals surface area contributed by atoms with Gasteiger partial charge in [-0.25, -0.2) is 0 Å². The van der Waals surface area contributed by atoms with Gasteiger partial charge in [0.05, 0.1) is 18.6 Å². The number of nitrogens with one attached hydrogen (secondary N) is 2. The number of hydrogen-bond donors (Lipinski definition) is 2. The van der Waals surface area contributed by atoms with Crippen LogP contribution in [0.5, 0.6) is 0 Å². The maximum absolute atomic E-state index is 12.4. The summed E-state index contributed by atoms with van der Waals surface area (Å²) in [6, 6.07) is 8.97. The van der Waals surface area contributed by atoms with E-state index >= 15 is 0 Å². The molecule has 22 heavy (non-hydrogen) atoms. The third kappa shape index (κ3) is 3.47. The zero-order chi connectivity index (χ0) is 15.5. The molecule has 3 rings (SSSR count). The van der Waals surface area contributed by atoms with E-state index in [4.69, 9.17) is 11.6 Å². The SMILES string of the molecule is CCC[NH+]1[C@@H]2CCC[C@H]1CC(NC(=O)c1ccc(Cl)cc1)C2. The van der Waals surface area contributed by atoms with E-state index in [1.54, 1.807) is 29.2 Å². The highest BCUT2D eigenvalue weighted by molar-refractivity contribution is 6.30. The van der Waals surface area contributed by atoms with Crippen molar-refractivity contribution in [2.75, 3.05) is 6.54 Å². The highest BCUT2D eigenvalue weighted by Gasteiger charge is 2.41. The average Bonchev–Trinajstić information content (AvgIpc) is 2.49. The maximum atomic E-state index is 12.4. The summed E-state index contributed by atoms with van der Waals surface area (Å²) in [6.45, 7) is 3.56. The lowest BCUT2D eigenvalue weighted by atomic mass is 9.81. The molecule has 2 fully saturated rings. The third-order valence-electron chi connectivity index (χ3n) is 5.27. The molecule has 1 amide bonds. The molecule has 2 aliphatic heterocycles. The van der Waals surface area contributed by atoms with Crippen molar-refractivity contribution in [2.24, 2.45) is 0 Å². The number of piperidine rings is 2. The maximum Gasteiger partial charge on any atom is 0.251 e. The fourth-order valence-corrected chi connectivity index (χ4v) is 4.45. The van der Waals surface area contributed by atoms with Crippen LogP contribution in [-0.2, 0) is 0 Å². The average molecular weight is 322 g/mol. The summed E-state index contributed by atoms with van der Waals surface area (Å²) in [4.78, 5) is 14.2. The molecule has 0 aromatic heterocycles. The van der Waals surface area contributed by atoms with Crippen LogP contribution in [0.3, 0.4) is 0 Å². The van der Waals surface area contributed by atoms with Crippen LogP contribution >= 0.6 is 11.6 Å². The Morgan fingerprint density at radius 2 is 1.86 bits per heavy atom. The summed E-state index contributed by atoms with van der Waals surface area (Å²) in [6.07, 6.45) is 7.51. The van der Waals surface area contributed by atoms with Gasteiger partial charge in [-0.15, -0.1) is 0 Å². The van der Waals surface area contributed by atoms with Crippen molar-refractivity contribution in [3.63, 3.8) is 0 Å². The number of benzene rings is 1. The monoisotopic (exact) mass is 321 g/mol. The van der Waals surface area contributed by atoms with Crippen LogP contribution < -0.4 is 10.2 Å². The fraction of sp³-hybridized carbons (Fsp3) is 0.611. The first kappa shape index (κ1) is 15.8. The molecular formula is C18H26ClN2O+. The van der Waals surface area contributed by atoms with Gasteiger partial charge < -0.3 is 10.2 Å². The number of amides is 1. The minimum absolute atomic E-state index is 0.0404. The van der Waals surface area contributed by atoms with Gasteiger partial charge in [-0.05, 0) is 49.9 Å². The van der Waals surface area contributed by atoms with Gasteiger partial charge in [-0.1, -0.05) is 18.5 Å². The van der Waals surface area contributed by atoms with Crippen LogP contribution in [0.25, 0.3) is 0 Å². The summed E-state index contributed by atoms with van der Waals surface area (Å²) >= 11 is 5.88. The number of carbonyl (C=O) groups excluding carboxylic acids is 1. The van der Waals surface area contributed by atoms with Crippen molar-refractivity contribution in [3.05, 3.63) is 34.9 Å².